The number of nitrogens with zero attached hydrogens (tertiary/aromatic N) is 5. The van der Waals surface area contributed by atoms with Crippen molar-refractivity contribution < 1.29 is 14.1 Å². The Morgan fingerprint density at radius 3 is 2.75 bits per heavy atom. The first-order chi connectivity index (χ1) is 17.4. The zero-order chi connectivity index (χ0) is 25.7. The van der Waals surface area contributed by atoms with Gasteiger partial charge in [-0.25, -0.2) is 5.01 Å². The molecule has 2 aromatic heterocycles. The van der Waals surface area contributed by atoms with Crippen molar-refractivity contribution in [2.45, 2.75) is 33.9 Å². The van der Waals surface area contributed by atoms with Crippen molar-refractivity contribution in [2.24, 2.45) is 0 Å². The van der Waals surface area contributed by atoms with E-state index < -0.39 is 0 Å². The van der Waals surface area contributed by atoms with E-state index in [2.05, 4.69) is 32.2 Å². The van der Waals surface area contributed by atoms with Gasteiger partial charge in [0.1, 0.15) is 6.54 Å². The molecule has 0 fully saturated rings. The number of rotatable bonds is 11. The molecule has 3 heterocycles. The molecule has 0 saturated carbocycles. The molecular formula is C25H33N7O3S. The molecule has 1 aliphatic heterocycles. The average molecular weight is 512 g/mol. The second-order valence-corrected chi connectivity index (χ2v) is 9.80. The maximum atomic E-state index is 13.2. The number of carbonyl (C=O) groups is 2. The molecular weight excluding hydrogens is 478 g/mol. The van der Waals surface area contributed by atoms with Crippen LogP contribution in [0.4, 0.5) is 5.69 Å². The Hall–Kier alpha value is -3.28. The van der Waals surface area contributed by atoms with Gasteiger partial charge in [0, 0.05) is 49.7 Å². The van der Waals surface area contributed by atoms with Gasteiger partial charge in [0.2, 0.25) is 17.6 Å². The quantitative estimate of drug-likeness (QED) is 0.379. The van der Waals surface area contributed by atoms with Gasteiger partial charge in [-0.2, -0.15) is 4.98 Å². The minimum Gasteiger partial charge on any atom is -0.376 e. The van der Waals surface area contributed by atoms with Crippen LogP contribution in [-0.4, -0.2) is 76.6 Å². The highest BCUT2D eigenvalue weighted by Crippen LogP contribution is 2.28. The molecule has 36 heavy (non-hydrogen) atoms. The first-order valence-corrected chi connectivity index (χ1v) is 12.9. The van der Waals surface area contributed by atoms with Crippen LogP contribution in [0.5, 0.6) is 0 Å². The molecule has 0 bridgehead atoms. The van der Waals surface area contributed by atoms with E-state index >= 15 is 0 Å². The highest BCUT2D eigenvalue weighted by Gasteiger charge is 2.27. The van der Waals surface area contributed by atoms with Crippen LogP contribution in [0, 0.1) is 13.8 Å². The Bertz CT molecular complexity index is 1190. The zero-order valence-corrected chi connectivity index (χ0v) is 22.0. The topological polar surface area (TPSA) is 107 Å². The molecule has 4 rings (SSSR count). The van der Waals surface area contributed by atoms with Crippen molar-refractivity contribution in [3.63, 3.8) is 0 Å². The van der Waals surface area contributed by atoms with E-state index in [1.165, 1.54) is 10.4 Å². The molecule has 0 aliphatic carbocycles. The third-order valence-corrected chi connectivity index (χ3v) is 7.19. The van der Waals surface area contributed by atoms with E-state index in [4.69, 9.17) is 4.52 Å². The SMILES string of the molecule is CCNCCN(CC(=O)N(C)N1Cc2ccsc2C1)C(=O)CNc1cc(-c2noc(C)n2)ccc1C. The largest absolute Gasteiger partial charge is 0.376 e. The summed E-state index contributed by atoms with van der Waals surface area (Å²) in [4.78, 5) is 33.5. The third-order valence-electron chi connectivity index (χ3n) is 6.24. The minimum absolute atomic E-state index is 0.0215. The Labute approximate surface area is 215 Å². The van der Waals surface area contributed by atoms with Gasteiger partial charge in [-0.05, 0) is 42.1 Å². The van der Waals surface area contributed by atoms with E-state index in [-0.39, 0.29) is 24.9 Å². The van der Waals surface area contributed by atoms with Crippen LogP contribution in [0.3, 0.4) is 0 Å². The summed E-state index contributed by atoms with van der Waals surface area (Å²) in [7, 11) is 1.78. The number of amides is 2. The fraction of sp³-hybridized carbons (Fsp3) is 0.440. The summed E-state index contributed by atoms with van der Waals surface area (Å²) < 4.78 is 5.09. The number of nitrogens with one attached hydrogen (secondary N) is 2. The zero-order valence-electron chi connectivity index (χ0n) is 21.2. The number of anilines is 1. The average Bonchev–Trinajstić information content (AvgIpc) is 3.59. The van der Waals surface area contributed by atoms with Crippen molar-refractivity contribution in [3.05, 3.63) is 51.5 Å². The molecule has 0 spiro atoms. The van der Waals surface area contributed by atoms with Crippen molar-refractivity contribution in [1.82, 2.24) is 30.4 Å². The molecule has 1 aliphatic rings. The molecule has 1 aromatic carbocycles. The standard InChI is InChI=1S/C25H33N7O3S/c1-5-26-9-10-31(16-24(34)30(4)32-14-20-8-11-36-22(20)15-32)23(33)13-27-21-12-19(7-6-17(21)2)25-28-18(3)35-29-25/h6-8,11-12,26-27H,5,9-10,13-16H2,1-4H3. The van der Waals surface area contributed by atoms with Crippen LogP contribution < -0.4 is 10.6 Å². The van der Waals surface area contributed by atoms with Gasteiger partial charge >= 0.3 is 0 Å². The molecule has 3 aromatic rings. The Morgan fingerprint density at radius 2 is 2.03 bits per heavy atom. The predicted octanol–water partition coefficient (Wildman–Crippen LogP) is 2.65. The lowest BCUT2D eigenvalue weighted by Crippen LogP contribution is -2.49. The maximum absolute atomic E-state index is 13.2. The molecule has 2 amide bonds. The molecule has 192 valence electrons. The van der Waals surface area contributed by atoms with Gasteiger partial charge in [-0.1, -0.05) is 24.2 Å². The summed E-state index contributed by atoms with van der Waals surface area (Å²) in [5.41, 5.74) is 3.86. The summed E-state index contributed by atoms with van der Waals surface area (Å²) in [6.45, 7) is 9.11. The van der Waals surface area contributed by atoms with Crippen molar-refractivity contribution in [3.8, 4) is 11.4 Å². The summed E-state index contributed by atoms with van der Waals surface area (Å²) in [6, 6.07) is 7.87. The number of likely N-dealkylation sites (N-methyl/N-ethyl adjacent to an activating group) is 2. The summed E-state index contributed by atoms with van der Waals surface area (Å²) in [5, 5.41) is 16.2. The van der Waals surface area contributed by atoms with Crippen LogP contribution in [0.25, 0.3) is 11.4 Å². The molecule has 2 N–H and O–H groups in total. The number of thiophene rings is 1. The first kappa shape index (κ1) is 25.8. The third kappa shape index (κ3) is 6.10. The number of carbonyl (C=O) groups excluding carboxylic acids is 2. The van der Waals surface area contributed by atoms with Crippen molar-refractivity contribution in [1.29, 1.82) is 0 Å². The monoisotopic (exact) mass is 511 g/mol. The highest BCUT2D eigenvalue weighted by molar-refractivity contribution is 7.10. The number of benzene rings is 1. The Balaban J connectivity index is 1.38. The molecule has 11 heteroatoms. The molecule has 0 radical (unpaired) electrons. The van der Waals surface area contributed by atoms with E-state index in [1.54, 1.807) is 35.2 Å². The number of hydrogen-bond donors (Lipinski definition) is 2. The number of hydrazine groups is 1. The second-order valence-electron chi connectivity index (χ2n) is 8.80. The molecule has 0 atom stereocenters. The fourth-order valence-corrected chi connectivity index (χ4v) is 4.94. The summed E-state index contributed by atoms with van der Waals surface area (Å²) in [5.74, 6) is 0.737. The summed E-state index contributed by atoms with van der Waals surface area (Å²) >= 11 is 1.71. The molecule has 0 unspecified atom stereocenters. The van der Waals surface area contributed by atoms with Gasteiger partial charge in [-0.15, -0.1) is 11.3 Å². The summed E-state index contributed by atoms with van der Waals surface area (Å²) in [6.07, 6.45) is 0. The van der Waals surface area contributed by atoms with E-state index in [0.717, 1.165) is 29.9 Å². The normalized spacial score (nSPS) is 13.0. The van der Waals surface area contributed by atoms with Gasteiger partial charge in [0.25, 0.3) is 5.91 Å². The van der Waals surface area contributed by atoms with E-state index in [1.807, 2.05) is 37.1 Å². The maximum Gasteiger partial charge on any atom is 0.256 e. The van der Waals surface area contributed by atoms with E-state index in [0.29, 0.717) is 31.3 Å². The van der Waals surface area contributed by atoms with Crippen LogP contribution in [0.1, 0.15) is 28.8 Å². The Kier molecular flexibility index (Phi) is 8.34. The molecule has 0 saturated heterocycles. The van der Waals surface area contributed by atoms with Crippen LogP contribution in [0.2, 0.25) is 0 Å². The van der Waals surface area contributed by atoms with Gasteiger partial charge in [0.05, 0.1) is 13.1 Å². The van der Waals surface area contributed by atoms with Gasteiger partial charge in [-0.3, -0.25) is 14.6 Å². The van der Waals surface area contributed by atoms with Gasteiger partial charge < -0.3 is 20.1 Å². The predicted molar refractivity (Wildman–Crippen MR) is 139 cm³/mol. The number of hydrogen-bond acceptors (Lipinski definition) is 9. The van der Waals surface area contributed by atoms with Gasteiger partial charge in [0.15, 0.2) is 0 Å². The molecule has 10 nitrogen and oxygen atoms in total. The fourth-order valence-electron chi connectivity index (χ4n) is 4.03. The lowest BCUT2D eigenvalue weighted by molar-refractivity contribution is -0.151. The number of aromatic nitrogens is 2. The lowest BCUT2D eigenvalue weighted by Gasteiger charge is -2.31. The lowest BCUT2D eigenvalue weighted by atomic mass is 10.1. The Morgan fingerprint density at radius 1 is 1.19 bits per heavy atom. The van der Waals surface area contributed by atoms with Crippen LogP contribution in [0.15, 0.2) is 34.2 Å². The minimum atomic E-state index is -0.143. The van der Waals surface area contributed by atoms with Crippen LogP contribution in [-0.2, 0) is 22.7 Å². The first-order valence-electron chi connectivity index (χ1n) is 12.1. The number of fused-ring (bicyclic) bond motifs is 1. The number of aryl methyl sites for hydroxylation is 2. The van der Waals surface area contributed by atoms with Crippen molar-refractivity contribution >= 4 is 28.8 Å². The van der Waals surface area contributed by atoms with Crippen LogP contribution >= 0.6 is 11.3 Å². The van der Waals surface area contributed by atoms with E-state index in [9.17, 15) is 9.59 Å². The van der Waals surface area contributed by atoms with Crippen molar-refractivity contribution in [2.75, 3.05) is 45.1 Å². The second kappa shape index (κ2) is 11.6. The highest BCUT2D eigenvalue weighted by atomic mass is 32.1. The smallest absolute Gasteiger partial charge is 0.256 e.